The maximum Gasteiger partial charge on any atom is 0.323 e. The number of hydrogen-bond donors (Lipinski definition) is 2. The van der Waals surface area contributed by atoms with Crippen molar-refractivity contribution in [2.75, 3.05) is 45.6 Å². The summed E-state index contributed by atoms with van der Waals surface area (Å²) in [7, 11) is -0.641. The monoisotopic (exact) mass is 591 g/mol. The Bertz CT molecular complexity index is 1320. The summed E-state index contributed by atoms with van der Waals surface area (Å²) in [4.78, 5) is 43.2. The fourth-order valence-electron chi connectivity index (χ4n) is 4.51. The van der Waals surface area contributed by atoms with Crippen LogP contribution in [0.2, 0.25) is 0 Å². The molecule has 2 heterocycles. The quantitative estimate of drug-likeness (QED) is 0.430. The lowest BCUT2D eigenvalue weighted by Crippen LogP contribution is -2.39. The molecule has 40 heavy (non-hydrogen) atoms. The zero-order valence-corrected chi connectivity index (χ0v) is 26.0. The highest BCUT2D eigenvalue weighted by Gasteiger charge is 2.30. The van der Waals surface area contributed by atoms with Gasteiger partial charge in [-0.3, -0.25) is 19.8 Å². The number of urea groups is 1. The number of likely N-dealkylation sites (N-methyl/N-ethyl adjacent to an activating group) is 1. The molecule has 0 bridgehead atoms. The van der Waals surface area contributed by atoms with Gasteiger partial charge in [-0.25, -0.2) is 13.2 Å². The largest absolute Gasteiger partial charge is 0.331 e. The first-order chi connectivity index (χ1) is 18.7. The van der Waals surface area contributed by atoms with E-state index in [0.717, 1.165) is 23.5 Å². The molecule has 1 aromatic carbocycles. The number of thiophene rings is 1. The molecule has 12 heteroatoms. The SMILES string of the molecule is CCN1CCc2c(sc(NC(=O)c3ccc(S(=O)(=O)N(CC(C)C)CC(C)C)cc3)c2C(=O)NC(=O)N(C)C)C1. The number of nitrogens with zero attached hydrogens (tertiary/aromatic N) is 3. The Morgan fingerprint density at radius 2 is 1.60 bits per heavy atom. The van der Waals surface area contributed by atoms with Crippen LogP contribution in [0.5, 0.6) is 0 Å². The van der Waals surface area contributed by atoms with E-state index in [0.29, 0.717) is 36.6 Å². The van der Waals surface area contributed by atoms with Crippen LogP contribution in [0.25, 0.3) is 0 Å². The van der Waals surface area contributed by atoms with Crippen molar-refractivity contribution < 1.29 is 22.8 Å². The molecule has 0 spiro atoms. The molecule has 0 fully saturated rings. The molecule has 0 radical (unpaired) electrons. The summed E-state index contributed by atoms with van der Waals surface area (Å²) in [6, 6.07) is 5.30. The fourth-order valence-corrected chi connectivity index (χ4v) is 7.56. The fraction of sp³-hybridized carbons (Fsp3) is 0.536. The number of anilines is 1. The highest BCUT2D eigenvalue weighted by atomic mass is 32.2. The number of fused-ring (bicyclic) bond motifs is 1. The van der Waals surface area contributed by atoms with Crippen LogP contribution >= 0.6 is 11.3 Å². The first-order valence-corrected chi connectivity index (χ1v) is 15.8. The summed E-state index contributed by atoms with van der Waals surface area (Å²) in [6.07, 6.45) is 0.629. The Balaban J connectivity index is 1.88. The standard InChI is InChI=1S/C28H41N5O5S2/c1-8-32-14-13-22-23(17-32)39-27(24(22)26(35)30-28(36)31(6)7)29-25(34)20-9-11-21(12-10-20)40(37,38)33(15-18(2)3)16-19(4)5/h9-12,18-19H,8,13-17H2,1-7H3,(H,29,34)(H,30,35,36). The molecule has 220 valence electrons. The second-order valence-corrected chi connectivity index (χ2v) is 14.1. The molecule has 0 aliphatic carbocycles. The Kier molecular flexibility index (Phi) is 10.5. The topological polar surface area (TPSA) is 119 Å². The molecule has 0 saturated heterocycles. The van der Waals surface area contributed by atoms with Crippen LogP contribution in [0, 0.1) is 11.8 Å². The normalized spacial score (nSPS) is 13.9. The minimum absolute atomic E-state index is 0.124. The number of amides is 4. The van der Waals surface area contributed by atoms with E-state index in [1.54, 1.807) is 14.1 Å². The van der Waals surface area contributed by atoms with E-state index in [9.17, 15) is 22.8 Å². The number of carbonyl (C=O) groups is 3. The van der Waals surface area contributed by atoms with Crippen LogP contribution in [-0.4, -0.2) is 80.6 Å². The second-order valence-electron chi connectivity index (χ2n) is 11.1. The molecule has 2 aromatic rings. The van der Waals surface area contributed by atoms with E-state index in [-0.39, 0.29) is 22.3 Å². The first-order valence-electron chi connectivity index (χ1n) is 13.6. The zero-order chi connectivity index (χ0) is 29.8. The van der Waals surface area contributed by atoms with Gasteiger partial charge < -0.3 is 10.2 Å². The van der Waals surface area contributed by atoms with Crippen molar-refractivity contribution in [2.24, 2.45) is 11.8 Å². The number of rotatable bonds is 10. The van der Waals surface area contributed by atoms with Gasteiger partial charge in [-0.15, -0.1) is 11.3 Å². The van der Waals surface area contributed by atoms with Crippen LogP contribution in [0.15, 0.2) is 29.2 Å². The highest BCUT2D eigenvalue weighted by Crippen LogP contribution is 2.37. The third-order valence-corrected chi connectivity index (χ3v) is 9.53. The third kappa shape index (κ3) is 7.48. The molecule has 0 saturated carbocycles. The summed E-state index contributed by atoms with van der Waals surface area (Å²) >= 11 is 1.33. The zero-order valence-electron chi connectivity index (χ0n) is 24.4. The lowest BCUT2D eigenvalue weighted by molar-refractivity contribution is 0.0956. The Morgan fingerprint density at radius 3 is 2.12 bits per heavy atom. The highest BCUT2D eigenvalue weighted by molar-refractivity contribution is 7.89. The van der Waals surface area contributed by atoms with Crippen LogP contribution in [0.4, 0.5) is 9.80 Å². The predicted octanol–water partition coefficient (Wildman–Crippen LogP) is 4.09. The van der Waals surface area contributed by atoms with Crippen molar-refractivity contribution in [2.45, 2.75) is 52.5 Å². The van der Waals surface area contributed by atoms with Gasteiger partial charge in [-0.05, 0) is 54.6 Å². The van der Waals surface area contributed by atoms with E-state index < -0.39 is 27.9 Å². The summed E-state index contributed by atoms with van der Waals surface area (Å²) in [5.41, 5.74) is 1.40. The number of nitrogens with one attached hydrogen (secondary N) is 2. The average Bonchev–Trinajstić information content (AvgIpc) is 3.24. The Labute approximate surface area is 241 Å². The summed E-state index contributed by atoms with van der Waals surface area (Å²) < 4.78 is 28.2. The number of imide groups is 1. The predicted molar refractivity (Wildman–Crippen MR) is 158 cm³/mol. The van der Waals surface area contributed by atoms with Gasteiger partial charge in [-0.2, -0.15) is 4.31 Å². The van der Waals surface area contributed by atoms with Gasteiger partial charge in [-0.1, -0.05) is 34.6 Å². The van der Waals surface area contributed by atoms with Crippen molar-refractivity contribution in [3.8, 4) is 0 Å². The number of benzene rings is 1. The second kappa shape index (κ2) is 13.2. The maximum atomic E-state index is 13.3. The first kappa shape index (κ1) is 31.7. The molecule has 10 nitrogen and oxygen atoms in total. The van der Waals surface area contributed by atoms with Crippen LogP contribution in [0.1, 0.15) is 65.8 Å². The Hall–Kier alpha value is -2.80. The molecule has 0 atom stereocenters. The molecule has 3 rings (SSSR count). The molecule has 1 aliphatic heterocycles. The number of carbonyl (C=O) groups excluding carboxylic acids is 3. The molecule has 0 unspecified atom stereocenters. The van der Waals surface area contributed by atoms with E-state index >= 15 is 0 Å². The van der Waals surface area contributed by atoms with Gasteiger partial charge >= 0.3 is 6.03 Å². The smallest absolute Gasteiger partial charge is 0.323 e. The van der Waals surface area contributed by atoms with Gasteiger partial charge in [0.2, 0.25) is 10.0 Å². The molecular formula is C28H41N5O5S2. The minimum atomic E-state index is -3.73. The van der Waals surface area contributed by atoms with Crippen molar-refractivity contribution in [1.29, 1.82) is 0 Å². The average molecular weight is 592 g/mol. The number of hydrogen-bond acceptors (Lipinski definition) is 7. The van der Waals surface area contributed by atoms with Crippen LogP contribution in [0.3, 0.4) is 0 Å². The van der Waals surface area contributed by atoms with Gasteiger partial charge in [0.05, 0.1) is 10.5 Å². The minimum Gasteiger partial charge on any atom is -0.331 e. The molecule has 1 aromatic heterocycles. The van der Waals surface area contributed by atoms with Crippen molar-refractivity contribution in [3.05, 3.63) is 45.8 Å². The maximum absolute atomic E-state index is 13.3. The molecule has 1 aliphatic rings. The van der Waals surface area contributed by atoms with E-state index in [2.05, 4.69) is 22.5 Å². The van der Waals surface area contributed by atoms with Gasteiger partial charge in [0.1, 0.15) is 5.00 Å². The van der Waals surface area contributed by atoms with E-state index in [1.165, 1.54) is 44.8 Å². The molecular weight excluding hydrogens is 550 g/mol. The molecule has 4 amide bonds. The lowest BCUT2D eigenvalue weighted by atomic mass is 10.0. The van der Waals surface area contributed by atoms with Crippen molar-refractivity contribution in [3.63, 3.8) is 0 Å². The van der Waals surface area contributed by atoms with Crippen molar-refractivity contribution >= 4 is 44.2 Å². The number of sulfonamides is 1. The summed E-state index contributed by atoms with van der Waals surface area (Å²) in [5.74, 6) is -0.699. The third-order valence-electron chi connectivity index (χ3n) is 6.56. The summed E-state index contributed by atoms with van der Waals surface area (Å²) in [5, 5.41) is 5.61. The van der Waals surface area contributed by atoms with E-state index in [1.807, 2.05) is 27.7 Å². The van der Waals surface area contributed by atoms with Crippen LogP contribution < -0.4 is 10.6 Å². The van der Waals surface area contributed by atoms with Gasteiger partial charge in [0.25, 0.3) is 11.8 Å². The van der Waals surface area contributed by atoms with Crippen LogP contribution in [-0.2, 0) is 23.0 Å². The van der Waals surface area contributed by atoms with Gasteiger partial charge in [0.15, 0.2) is 0 Å². The summed E-state index contributed by atoms with van der Waals surface area (Å²) in [6.45, 7) is 13.1. The van der Waals surface area contributed by atoms with Gasteiger partial charge in [0, 0.05) is 50.7 Å². The molecule has 2 N–H and O–H groups in total. The lowest BCUT2D eigenvalue weighted by Gasteiger charge is -2.25. The Morgan fingerprint density at radius 1 is 1.00 bits per heavy atom. The van der Waals surface area contributed by atoms with Crippen molar-refractivity contribution in [1.82, 2.24) is 19.4 Å². The van der Waals surface area contributed by atoms with E-state index in [4.69, 9.17) is 0 Å².